The predicted molar refractivity (Wildman–Crippen MR) is 87.7 cm³/mol. The summed E-state index contributed by atoms with van der Waals surface area (Å²) in [5.74, 6) is 0.219. The van der Waals surface area contributed by atoms with Crippen molar-refractivity contribution in [2.75, 3.05) is 13.1 Å². The molecule has 0 radical (unpaired) electrons. The summed E-state index contributed by atoms with van der Waals surface area (Å²) in [7, 11) is 0. The number of hydrogen-bond donors (Lipinski definition) is 0. The fourth-order valence-electron chi connectivity index (χ4n) is 2.48. The van der Waals surface area contributed by atoms with Crippen LogP contribution in [-0.2, 0) is 4.79 Å². The van der Waals surface area contributed by atoms with E-state index in [9.17, 15) is 4.79 Å². The summed E-state index contributed by atoms with van der Waals surface area (Å²) >= 11 is 3.19. The maximum absolute atomic E-state index is 12.8. The van der Waals surface area contributed by atoms with E-state index in [-0.39, 0.29) is 11.2 Å². The third-order valence-electron chi connectivity index (χ3n) is 3.56. The first-order valence-corrected chi connectivity index (χ1v) is 8.92. The van der Waals surface area contributed by atoms with Crippen LogP contribution in [0.25, 0.3) is 0 Å². The number of aryl methyl sites for hydroxylation is 1. The Morgan fingerprint density at radius 1 is 1.29 bits per heavy atom. The third-order valence-corrected chi connectivity index (χ3v) is 5.89. The van der Waals surface area contributed by atoms with Crippen LogP contribution >= 0.6 is 23.1 Å². The summed E-state index contributed by atoms with van der Waals surface area (Å²) in [6.45, 7) is 3.76. The molecule has 1 amide bonds. The fourth-order valence-corrected chi connectivity index (χ4v) is 4.60. The highest BCUT2D eigenvalue weighted by Crippen LogP contribution is 2.38. The first-order valence-electron chi connectivity index (χ1n) is 7.16. The number of thiazole rings is 1. The summed E-state index contributed by atoms with van der Waals surface area (Å²) in [6.07, 6.45) is 2.24. The predicted octanol–water partition coefficient (Wildman–Crippen LogP) is 3.91. The standard InChI is InChI=1S/C16H18N2OS2/c1-12-11-20-16(17-12)21-14(13-7-3-2-4-8-13)15(19)18-9-5-6-10-18/h2-4,7-8,11,14H,5-6,9-10H2,1H3/t14-/m1/s1. The van der Waals surface area contributed by atoms with Crippen molar-refractivity contribution in [2.45, 2.75) is 29.4 Å². The highest BCUT2D eigenvalue weighted by atomic mass is 32.2. The van der Waals surface area contributed by atoms with Gasteiger partial charge in [-0.1, -0.05) is 42.1 Å². The monoisotopic (exact) mass is 318 g/mol. The number of benzene rings is 1. The topological polar surface area (TPSA) is 33.2 Å². The third kappa shape index (κ3) is 3.47. The van der Waals surface area contributed by atoms with Crippen molar-refractivity contribution in [2.24, 2.45) is 0 Å². The van der Waals surface area contributed by atoms with Gasteiger partial charge in [-0.25, -0.2) is 4.98 Å². The normalized spacial score (nSPS) is 16.1. The Morgan fingerprint density at radius 2 is 2.00 bits per heavy atom. The zero-order valence-corrected chi connectivity index (χ0v) is 13.6. The lowest BCUT2D eigenvalue weighted by Gasteiger charge is -2.22. The Bertz CT molecular complexity index is 606. The van der Waals surface area contributed by atoms with Crippen molar-refractivity contribution in [1.82, 2.24) is 9.88 Å². The molecule has 3 nitrogen and oxygen atoms in total. The van der Waals surface area contributed by atoms with Gasteiger partial charge >= 0.3 is 0 Å². The minimum absolute atomic E-state index is 0.185. The Hall–Kier alpha value is -1.33. The van der Waals surface area contributed by atoms with Crippen molar-refractivity contribution in [3.63, 3.8) is 0 Å². The molecule has 0 bridgehead atoms. The quantitative estimate of drug-likeness (QED) is 0.801. The first-order chi connectivity index (χ1) is 10.2. The molecular formula is C16H18N2OS2. The molecule has 110 valence electrons. The number of carbonyl (C=O) groups is 1. The van der Waals surface area contributed by atoms with Crippen molar-refractivity contribution >= 4 is 29.0 Å². The molecule has 1 fully saturated rings. The Labute approximate surface area is 133 Å². The van der Waals surface area contributed by atoms with Gasteiger partial charge in [0.25, 0.3) is 0 Å². The Morgan fingerprint density at radius 3 is 2.62 bits per heavy atom. The number of nitrogens with zero attached hydrogens (tertiary/aromatic N) is 2. The van der Waals surface area contributed by atoms with Gasteiger partial charge < -0.3 is 4.90 Å². The van der Waals surface area contributed by atoms with Crippen LogP contribution in [0.2, 0.25) is 0 Å². The molecule has 1 saturated heterocycles. The van der Waals surface area contributed by atoms with Crippen LogP contribution in [0.4, 0.5) is 0 Å². The molecule has 1 aromatic carbocycles. The van der Waals surface area contributed by atoms with Crippen LogP contribution < -0.4 is 0 Å². The van der Waals surface area contributed by atoms with E-state index in [1.807, 2.05) is 47.5 Å². The van der Waals surface area contributed by atoms with E-state index in [1.165, 1.54) is 0 Å². The molecule has 0 saturated carbocycles. The molecule has 2 aromatic rings. The average Bonchev–Trinajstić information content (AvgIpc) is 3.16. The summed E-state index contributed by atoms with van der Waals surface area (Å²) in [5, 5.41) is 1.85. The molecule has 2 heterocycles. The van der Waals surface area contributed by atoms with Gasteiger partial charge in [0.05, 0.1) is 0 Å². The second kappa shape index (κ2) is 6.62. The van der Waals surface area contributed by atoms with Gasteiger partial charge in [-0.15, -0.1) is 11.3 Å². The SMILES string of the molecule is Cc1csc(S[C@@H](C(=O)N2CCCC2)c2ccccc2)n1. The first kappa shape index (κ1) is 14.6. The molecule has 3 rings (SSSR count). The Balaban J connectivity index is 1.85. The molecule has 1 aromatic heterocycles. The van der Waals surface area contributed by atoms with E-state index in [4.69, 9.17) is 0 Å². The van der Waals surface area contributed by atoms with Crippen LogP contribution in [0.5, 0.6) is 0 Å². The lowest BCUT2D eigenvalue weighted by Crippen LogP contribution is -2.31. The summed E-state index contributed by atoms with van der Waals surface area (Å²) < 4.78 is 0.967. The molecule has 1 aliphatic rings. The van der Waals surface area contributed by atoms with Gasteiger partial charge in [-0.2, -0.15) is 0 Å². The van der Waals surface area contributed by atoms with E-state index in [0.717, 1.165) is 41.5 Å². The van der Waals surface area contributed by atoms with Crippen molar-refractivity contribution in [3.8, 4) is 0 Å². The maximum Gasteiger partial charge on any atom is 0.240 e. The van der Waals surface area contributed by atoms with E-state index in [1.54, 1.807) is 23.1 Å². The number of amides is 1. The maximum atomic E-state index is 12.8. The molecule has 0 spiro atoms. The molecule has 0 unspecified atom stereocenters. The highest BCUT2D eigenvalue weighted by Gasteiger charge is 2.29. The van der Waals surface area contributed by atoms with Crippen molar-refractivity contribution in [1.29, 1.82) is 0 Å². The molecule has 1 atom stereocenters. The Kier molecular flexibility index (Phi) is 4.60. The lowest BCUT2D eigenvalue weighted by molar-refractivity contribution is -0.129. The molecule has 0 N–H and O–H groups in total. The van der Waals surface area contributed by atoms with Crippen LogP contribution in [0.1, 0.15) is 29.3 Å². The molecule has 21 heavy (non-hydrogen) atoms. The average molecular weight is 318 g/mol. The largest absolute Gasteiger partial charge is 0.341 e. The molecule has 1 aliphatic heterocycles. The summed E-state index contributed by atoms with van der Waals surface area (Å²) in [6, 6.07) is 10.0. The van der Waals surface area contributed by atoms with E-state index >= 15 is 0 Å². The van der Waals surface area contributed by atoms with Gasteiger partial charge in [-0.05, 0) is 25.3 Å². The smallest absolute Gasteiger partial charge is 0.240 e. The van der Waals surface area contributed by atoms with Crippen LogP contribution in [0, 0.1) is 6.92 Å². The minimum Gasteiger partial charge on any atom is -0.341 e. The van der Waals surface area contributed by atoms with Gasteiger partial charge in [0.15, 0.2) is 4.34 Å². The van der Waals surface area contributed by atoms with E-state index < -0.39 is 0 Å². The number of thioether (sulfide) groups is 1. The van der Waals surface area contributed by atoms with Gasteiger partial charge in [0, 0.05) is 24.2 Å². The van der Waals surface area contributed by atoms with Crippen molar-refractivity contribution < 1.29 is 4.79 Å². The van der Waals surface area contributed by atoms with Gasteiger partial charge in [0.1, 0.15) is 5.25 Å². The second-order valence-corrected chi connectivity index (χ2v) is 7.41. The molecule has 0 aliphatic carbocycles. The fraction of sp³-hybridized carbons (Fsp3) is 0.375. The number of likely N-dealkylation sites (tertiary alicyclic amines) is 1. The van der Waals surface area contributed by atoms with Gasteiger partial charge in [-0.3, -0.25) is 4.79 Å². The number of rotatable bonds is 4. The number of aromatic nitrogens is 1. The minimum atomic E-state index is -0.185. The van der Waals surface area contributed by atoms with E-state index in [2.05, 4.69) is 4.98 Å². The van der Waals surface area contributed by atoms with Gasteiger partial charge in [0.2, 0.25) is 5.91 Å². The lowest BCUT2D eigenvalue weighted by atomic mass is 10.1. The highest BCUT2D eigenvalue weighted by molar-refractivity contribution is 8.01. The summed E-state index contributed by atoms with van der Waals surface area (Å²) in [5.41, 5.74) is 2.08. The van der Waals surface area contributed by atoms with Crippen molar-refractivity contribution in [3.05, 3.63) is 47.0 Å². The van der Waals surface area contributed by atoms with E-state index in [0.29, 0.717) is 0 Å². The number of hydrogen-bond acceptors (Lipinski definition) is 4. The molecule has 5 heteroatoms. The summed E-state index contributed by atoms with van der Waals surface area (Å²) in [4.78, 5) is 19.3. The van der Waals surface area contributed by atoms with Crippen LogP contribution in [0.15, 0.2) is 40.1 Å². The molecular weight excluding hydrogens is 300 g/mol. The zero-order chi connectivity index (χ0) is 14.7. The van der Waals surface area contributed by atoms with Crippen LogP contribution in [-0.4, -0.2) is 28.9 Å². The van der Waals surface area contributed by atoms with Crippen LogP contribution in [0.3, 0.4) is 0 Å². The second-order valence-electron chi connectivity index (χ2n) is 5.20. The number of carbonyl (C=O) groups excluding carboxylic acids is 1. The zero-order valence-electron chi connectivity index (χ0n) is 12.0.